The number of benzene rings is 1. The molecule has 0 aromatic heterocycles. The van der Waals surface area contributed by atoms with Gasteiger partial charge in [0, 0.05) is 24.8 Å². The summed E-state index contributed by atoms with van der Waals surface area (Å²) in [4.78, 5) is 60.8. The highest BCUT2D eigenvalue weighted by atomic mass is 16.5. The van der Waals surface area contributed by atoms with E-state index < -0.39 is 18.5 Å². The van der Waals surface area contributed by atoms with E-state index in [1.165, 1.54) is 11.8 Å². The molecule has 2 aliphatic rings. The molecule has 0 spiro atoms. The van der Waals surface area contributed by atoms with Gasteiger partial charge in [0.15, 0.2) is 6.61 Å². The van der Waals surface area contributed by atoms with Crippen molar-refractivity contribution in [1.29, 1.82) is 0 Å². The Hall–Kier alpha value is -3.23. The van der Waals surface area contributed by atoms with Crippen molar-refractivity contribution in [2.45, 2.75) is 39.0 Å². The van der Waals surface area contributed by atoms with Crippen LogP contribution in [0.5, 0.6) is 0 Å². The fourth-order valence-electron chi connectivity index (χ4n) is 3.91. The maximum Gasteiger partial charge on any atom is 0.308 e. The van der Waals surface area contributed by atoms with Crippen LogP contribution in [0.25, 0.3) is 0 Å². The van der Waals surface area contributed by atoms with E-state index in [2.05, 4.69) is 10.6 Å². The zero-order valence-corrected chi connectivity index (χ0v) is 16.8. The van der Waals surface area contributed by atoms with E-state index in [-0.39, 0.29) is 42.5 Å². The topological polar surface area (TPSA) is 122 Å². The van der Waals surface area contributed by atoms with Gasteiger partial charge in [-0.05, 0) is 37.1 Å². The van der Waals surface area contributed by atoms with Crippen molar-refractivity contribution in [2.75, 3.05) is 23.8 Å². The predicted octanol–water partition coefficient (Wildman–Crippen LogP) is 1.69. The molecular weight excluding hydrogens is 390 g/mol. The van der Waals surface area contributed by atoms with E-state index in [0.29, 0.717) is 11.4 Å². The van der Waals surface area contributed by atoms with Crippen LogP contribution < -0.4 is 10.6 Å². The first-order chi connectivity index (χ1) is 14.3. The average molecular weight is 415 g/mol. The van der Waals surface area contributed by atoms with Crippen LogP contribution in [0, 0.1) is 11.8 Å². The molecule has 1 heterocycles. The van der Waals surface area contributed by atoms with Crippen LogP contribution in [0.4, 0.5) is 11.4 Å². The first-order valence-electron chi connectivity index (χ1n) is 10.0. The minimum absolute atomic E-state index is 0.0181. The first kappa shape index (κ1) is 21.5. The standard InChI is InChI=1S/C21H25N3O6/c1-13(25)22-14-6-8-15(9-7-14)23-18(26)12-30-19(27)10-11-24-20(28)16-4-2-3-5-17(16)21(24)29/h6-9,16-17H,2-5,10-12H2,1H3,(H,22,25)(H,23,26)/t16-,17-/m0/s1. The SMILES string of the molecule is CC(=O)Nc1ccc(NC(=O)COC(=O)CCN2C(=O)[C@H]3CCCC[C@@H]3C2=O)cc1. The molecule has 0 radical (unpaired) electrons. The van der Waals surface area contributed by atoms with Gasteiger partial charge in [-0.2, -0.15) is 0 Å². The maximum atomic E-state index is 12.4. The second kappa shape index (κ2) is 9.51. The summed E-state index contributed by atoms with van der Waals surface area (Å²) in [5.74, 6) is -2.25. The monoisotopic (exact) mass is 415 g/mol. The number of rotatable bonds is 7. The molecule has 30 heavy (non-hydrogen) atoms. The minimum Gasteiger partial charge on any atom is -0.456 e. The van der Waals surface area contributed by atoms with Gasteiger partial charge < -0.3 is 15.4 Å². The zero-order valence-electron chi connectivity index (χ0n) is 16.8. The summed E-state index contributed by atoms with van der Waals surface area (Å²) in [7, 11) is 0. The number of carbonyl (C=O) groups is 5. The molecule has 4 amide bonds. The van der Waals surface area contributed by atoms with E-state index in [1.807, 2.05) is 0 Å². The second-order valence-corrected chi connectivity index (χ2v) is 7.54. The molecule has 1 saturated heterocycles. The Morgan fingerprint density at radius 2 is 1.50 bits per heavy atom. The Labute approximate surface area is 174 Å². The zero-order chi connectivity index (χ0) is 21.7. The largest absolute Gasteiger partial charge is 0.456 e. The van der Waals surface area contributed by atoms with E-state index in [4.69, 9.17) is 4.74 Å². The normalized spacial score (nSPS) is 20.5. The molecule has 1 aliphatic carbocycles. The number of hydrogen-bond donors (Lipinski definition) is 2. The highest BCUT2D eigenvalue weighted by Gasteiger charge is 2.47. The second-order valence-electron chi connectivity index (χ2n) is 7.54. The summed E-state index contributed by atoms with van der Waals surface area (Å²) >= 11 is 0. The van der Waals surface area contributed by atoms with Gasteiger partial charge in [-0.1, -0.05) is 12.8 Å². The molecule has 0 unspecified atom stereocenters. The van der Waals surface area contributed by atoms with Crippen molar-refractivity contribution in [3.63, 3.8) is 0 Å². The van der Waals surface area contributed by atoms with Gasteiger partial charge in [0.25, 0.3) is 5.91 Å². The lowest BCUT2D eigenvalue weighted by atomic mass is 9.81. The Kier molecular flexibility index (Phi) is 6.81. The number of amides is 4. The number of fused-ring (bicyclic) bond motifs is 1. The highest BCUT2D eigenvalue weighted by Crippen LogP contribution is 2.37. The molecule has 1 aliphatic heterocycles. The van der Waals surface area contributed by atoms with Gasteiger partial charge in [0.1, 0.15) is 0 Å². The lowest BCUT2D eigenvalue weighted by Crippen LogP contribution is -2.33. The summed E-state index contributed by atoms with van der Waals surface area (Å²) in [5.41, 5.74) is 1.08. The highest BCUT2D eigenvalue weighted by molar-refractivity contribution is 6.05. The Bertz CT molecular complexity index is 827. The number of nitrogens with zero attached hydrogens (tertiary/aromatic N) is 1. The van der Waals surface area contributed by atoms with Crippen molar-refractivity contribution in [3.05, 3.63) is 24.3 Å². The number of carbonyl (C=O) groups excluding carboxylic acids is 5. The summed E-state index contributed by atoms with van der Waals surface area (Å²) in [5, 5.41) is 5.19. The molecular formula is C21H25N3O6. The molecule has 3 rings (SSSR count). The average Bonchev–Trinajstić information content (AvgIpc) is 2.96. The van der Waals surface area contributed by atoms with Gasteiger partial charge in [-0.15, -0.1) is 0 Å². The lowest BCUT2D eigenvalue weighted by Gasteiger charge is -2.19. The van der Waals surface area contributed by atoms with Crippen LogP contribution >= 0.6 is 0 Å². The lowest BCUT2D eigenvalue weighted by molar-refractivity contribution is -0.148. The summed E-state index contributed by atoms with van der Waals surface area (Å²) in [6.07, 6.45) is 3.20. The number of ether oxygens (including phenoxy) is 1. The predicted molar refractivity (Wildman–Crippen MR) is 107 cm³/mol. The van der Waals surface area contributed by atoms with Gasteiger partial charge in [0.2, 0.25) is 17.7 Å². The van der Waals surface area contributed by atoms with Crippen molar-refractivity contribution >= 4 is 41.0 Å². The summed E-state index contributed by atoms with van der Waals surface area (Å²) in [6.45, 7) is 0.905. The third-order valence-electron chi connectivity index (χ3n) is 5.33. The fourth-order valence-corrected chi connectivity index (χ4v) is 3.91. The molecule has 2 N–H and O–H groups in total. The van der Waals surface area contributed by atoms with Gasteiger partial charge in [-0.3, -0.25) is 28.9 Å². The first-order valence-corrected chi connectivity index (χ1v) is 10.0. The molecule has 2 atom stereocenters. The van der Waals surface area contributed by atoms with Crippen molar-refractivity contribution < 1.29 is 28.7 Å². The quantitative estimate of drug-likeness (QED) is 0.516. The van der Waals surface area contributed by atoms with Crippen LogP contribution in [-0.4, -0.2) is 47.6 Å². The molecule has 0 bridgehead atoms. The molecule has 9 heteroatoms. The van der Waals surface area contributed by atoms with E-state index in [9.17, 15) is 24.0 Å². The van der Waals surface area contributed by atoms with Crippen molar-refractivity contribution in [1.82, 2.24) is 4.90 Å². The number of anilines is 2. The molecule has 1 aromatic carbocycles. The third kappa shape index (κ3) is 5.22. The van der Waals surface area contributed by atoms with Crippen LogP contribution in [0.1, 0.15) is 39.0 Å². The van der Waals surface area contributed by atoms with Crippen LogP contribution in [-0.2, 0) is 28.7 Å². The molecule has 1 aromatic rings. The van der Waals surface area contributed by atoms with Crippen LogP contribution in [0.3, 0.4) is 0 Å². The number of esters is 1. The Morgan fingerprint density at radius 1 is 0.967 bits per heavy atom. The van der Waals surface area contributed by atoms with Gasteiger partial charge in [-0.25, -0.2) is 0 Å². The van der Waals surface area contributed by atoms with E-state index in [0.717, 1.165) is 25.7 Å². The van der Waals surface area contributed by atoms with Crippen molar-refractivity contribution in [3.8, 4) is 0 Å². The van der Waals surface area contributed by atoms with E-state index in [1.54, 1.807) is 24.3 Å². The number of imide groups is 1. The Balaban J connectivity index is 1.40. The number of likely N-dealkylation sites (tertiary alicyclic amines) is 1. The third-order valence-corrected chi connectivity index (χ3v) is 5.33. The smallest absolute Gasteiger partial charge is 0.308 e. The fraction of sp³-hybridized carbons (Fsp3) is 0.476. The van der Waals surface area contributed by atoms with Gasteiger partial charge in [0.05, 0.1) is 18.3 Å². The molecule has 1 saturated carbocycles. The van der Waals surface area contributed by atoms with Gasteiger partial charge >= 0.3 is 5.97 Å². The van der Waals surface area contributed by atoms with Crippen LogP contribution in [0.2, 0.25) is 0 Å². The van der Waals surface area contributed by atoms with E-state index >= 15 is 0 Å². The minimum atomic E-state index is -0.651. The number of nitrogens with one attached hydrogen (secondary N) is 2. The summed E-state index contributed by atoms with van der Waals surface area (Å²) < 4.78 is 4.94. The van der Waals surface area contributed by atoms with Crippen LogP contribution in [0.15, 0.2) is 24.3 Å². The summed E-state index contributed by atoms with van der Waals surface area (Å²) in [6, 6.07) is 6.47. The Morgan fingerprint density at radius 3 is 2.03 bits per heavy atom. The van der Waals surface area contributed by atoms with Crippen molar-refractivity contribution in [2.24, 2.45) is 11.8 Å². The number of hydrogen-bond acceptors (Lipinski definition) is 6. The molecule has 9 nitrogen and oxygen atoms in total. The maximum absolute atomic E-state index is 12.4. The molecule has 160 valence electrons. The molecule has 2 fully saturated rings.